The zero-order chi connectivity index (χ0) is 15.1. The molecule has 2 aromatic heterocycles. The van der Waals surface area contributed by atoms with Crippen molar-refractivity contribution in [1.82, 2.24) is 9.72 Å². The van der Waals surface area contributed by atoms with E-state index in [9.17, 15) is 0 Å². The lowest BCUT2D eigenvalue weighted by atomic mass is 10.1. The molecule has 4 aromatic rings. The van der Waals surface area contributed by atoms with Crippen molar-refractivity contribution in [2.45, 2.75) is 6.92 Å². The summed E-state index contributed by atoms with van der Waals surface area (Å²) in [6.07, 6.45) is 2.10. The van der Waals surface area contributed by atoms with Gasteiger partial charge in [-0.2, -0.15) is 0 Å². The molecular weight excluding hydrogens is 272 g/mol. The number of aryl methyl sites for hydroxylation is 2. The van der Waals surface area contributed by atoms with Crippen LogP contribution < -0.4 is 0 Å². The third-order valence-electron chi connectivity index (χ3n) is 4.02. The van der Waals surface area contributed by atoms with Crippen LogP contribution in [0.1, 0.15) is 5.56 Å². The largest absolute Gasteiger partial charge is 0.356 e. The van der Waals surface area contributed by atoms with Gasteiger partial charge in [0.15, 0.2) is 5.76 Å². The SMILES string of the molecule is Cc1ccc(-c2cc(-c3cn(C)c4ccccc34)no2)cc1. The van der Waals surface area contributed by atoms with Crippen molar-refractivity contribution in [1.29, 1.82) is 0 Å². The van der Waals surface area contributed by atoms with Crippen LogP contribution in [0.4, 0.5) is 0 Å². The summed E-state index contributed by atoms with van der Waals surface area (Å²) < 4.78 is 7.66. The second kappa shape index (κ2) is 4.88. The lowest BCUT2D eigenvalue weighted by Crippen LogP contribution is -1.81. The average molecular weight is 288 g/mol. The Kier molecular flexibility index (Phi) is 2.86. The number of hydrogen-bond donors (Lipinski definition) is 0. The van der Waals surface area contributed by atoms with E-state index in [0.29, 0.717) is 0 Å². The summed E-state index contributed by atoms with van der Waals surface area (Å²) in [4.78, 5) is 0. The van der Waals surface area contributed by atoms with Crippen molar-refractivity contribution in [2.24, 2.45) is 7.05 Å². The predicted molar refractivity (Wildman–Crippen MR) is 88.6 cm³/mol. The molecule has 22 heavy (non-hydrogen) atoms. The summed E-state index contributed by atoms with van der Waals surface area (Å²) in [5.41, 5.74) is 5.44. The summed E-state index contributed by atoms with van der Waals surface area (Å²) in [5.74, 6) is 0.794. The van der Waals surface area contributed by atoms with Crippen LogP contribution in [0.15, 0.2) is 65.3 Å². The molecular formula is C19H16N2O. The van der Waals surface area contributed by atoms with Crippen LogP contribution in [-0.2, 0) is 7.05 Å². The molecule has 0 unspecified atom stereocenters. The second-order valence-electron chi connectivity index (χ2n) is 5.61. The normalized spacial score (nSPS) is 11.2. The fraction of sp³-hybridized carbons (Fsp3) is 0.105. The monoisotopic (exact) mass is 288 g/mol. The van der Waals surface area contributed by atoms with Gasteiger partial charge < -0.3 is 9.09 Å². The third kappa shape index (κ3) is 2.02. The quantitative estimate of drug-likeness (QED) is 0.530. The van der Waals surface area contributed by atoms with Gasteiger partial charge in [-0.05, 0) is 13.0 Å². The third-order valence-corrected chi connectivity index (χ3v) is 4.02. The van der Waals surface area contributed by atoms with Crippen LogP contribution in [0.5, 0.6) is 0 Å². The Morgan fingerprint density at radius 1 is 1.00 bits per heavy atom. The first-order chi connectivity index (χ1) is 10.7. The fourth-order valence-electron chi connectivity index (χ4n) is 2.80. The number of nitrogens with zero attached hydrogens (tertiary/aromatic N) is 2. The number of benzene rings is 2. The molecule has 0 bridgehead atoms. The minimum atomic E-state index is 0.794. The highest BCUT2D eigenvalue weighted by Gasteiger charge is 2.13. The van der Waals surface area contributed by atoms with E-state index in [-0.39, 0.29) is 0 Å². The summed E-state index contributed by atoms with van der Waals surface area (Å²) >= 11 is 0. The zero-order valence-electron chi connectivity index (χ0n) is 12.6. The van der Waals surface area contributed by atoms with Gasteiger partial charge in [-0.15, -0.1) is 0 Å². The first kappa shape index (κ1) is 12.9. The summed E-state index contributed by atoms with van der Waals surface area (Å²) in [7, 11) is 2.05. The molecule has 0 aliphatic carbocycles. The number of rotatable bonds is 2. The maximum atomic E-state index is 5.54. The highest BCUT2D eigenvalue weighted by molar-refractivity contribution is 5.95. The minimum Gasteiger partial charge on any atom is -0.356 e. The van der Waals surface area contributed by atoms with Crippen LogP contribution in [-0.4, -0.2) is 9.72 Å². The van der Waals surface area contributed by atoms with Crippen LogP contribution >= 0.6 is 0 Å². The smallest absolute Gasteiger partial charge is 0.167 e. The molecule has 0 N–H and O–H groups in total. The molecule has 3 nitrogen and oxygen atoms in total. The van der Waals surface area contributed by atoms with Gasteiger partial charge in [0.1, 0.15) is 5.69 Å². The van der Waals surface area contributed by atoms with E-state index in [1.54, 1.807) is 0 Å². The lowest BCUT2D eigenvalue weighted by Gasteiger charge is -1.95. The van der Waals surface area contributed by atoms with Crippen molar-refractivity contribution in [2.75, 3.05) is 0 Å². The van der Waals surface area contributed by atoms with Crippen molar-refractivity contribution in [3.05, 3.63) is 66.4 Å². The van der Waals surface area contributed by atoms with Crippen molar-refractivity contribution >= 4 is 10.9 Å². The lowest BCUT2D eigenvalue weighted by molar-refractivity contribution is 0.435. The minimum absolute atomic E-state index is 0.794. The summed E-state index contributed by atoms with van der Waals surface area (Å²) in [6.45, 7) is 2.08. The molecule has 0 aliphatic rings. The van der Waals surface area contributed by atoms with Gasteiger partial charge in [0, 0.05) is 41.3 Å². The van der Waals surface area contributed by atoms with Gasteiger partial charge in [0.25, 0.3) is 0 Å². The Hall–Kier alpha value is -2.81. The van der Waals surface area contributed by atoms with E-state index in [4.69, 9.17) is 4.52 Å². The Labute approximate surface area is 128 Å². The van der Waals surface area contributed by atoms with Gasteiger partial charge in [0.2, 0.25) is 0 Å². The molecule has 0 atom stereocenters. The molecule has 0 fully saturated rings. The molecule has 0 aliphatic heterocycles. The van der Waals surface area contributed by atoms with Gasteiger partial charge >= 0.3 is 0 Å². The molecule has 2 aromatic carbocycles. The van der Waals surface area contributed by atoms with Crippen molar-refractivity contribution < 1.29 is 4.52 Å². The summed E-state index contributed by atoms with van der Waals surface area (Å²) in [5, 5.41) is 5.45. The Morgan fingerprint density at radius 3 is 2.59 bits per heavy atom. The van der Waals surface area contributed by atoms with E-state index < -0.39 is 0 Å². The maximum Gasteiger partial charge on any atom is 0.167 e. The number of para-hydroxylation sites is 1. The Balaban J connectivity index is 1.82. The first-order valence-corrected chi connectivity index (χ1v) is 7.30. The summed E-state index contributed by atoms with van der Waals surface area (Å²) in [6, 6.07) is 18.6. The van der Waals surface area contributed by atoms with Crippen molar-refractivity contribution in [3.63, 3.8) is 0 Å². The number of hydrogen-bond acceptors (Lipinski definition) is 2. The highest BCUT2D eigenvalue weighted by atomic mass is 16.5. The van der Waals surface area contributed by atoms with Crippen LogP contribution in [0, 0.1) is 6.92 Å². The molecule has 0 radical (unpaired) electrons. The fourth-order valence-corrected chi connectivity index (χ4v) is 2.80. The van der Waals surface area contributed by atoms with E-state index in [1.165, 1.54) is 16.5 Å². The number of fused-ring (bicyclic) bond motifs is 1. The molecule has 0 saturated carbocycles. The van der Waals surface area contributed by atoms with Crippen molar-refractivity contribution in [3.8, 4) is 22.6 Å². The molecule has 108 valence electrons. The highest BCUT2D eigenvalue weighted by Crippen LogP contribution is 2.32. The first-order valence-electron chi connectivity index (χ1n) is 7.30. The Bertz CT molecular complexity index is 945. The van der Waals surface area contributed by atoms with E-state index in [1.807, 2.05) is 25.2 Å². The van der Waals surface area contributed by atoms with Crippen LogP contribution in [0.3, 0.4) is 0 Å². The maximum absolute atomic E-state index is 5.54. The van der Waals surface area contributed by atoms with Crippen LogP contribution in [0.2, 0.25) is 0 Å². The second-order valence-corrected chi connectivity index (χ2v) is 5.61. The van der Waals surface area contributed by atoms with E-state index >= 15 is 0 Å². The molecule has 3 heteroatoms. The van der Waals surface area contributed by atoms with E-state index in [0.717, 1.165) is 22.6 Å². The van der Waals surface area contributed by atoms with Gasteiger partial charge in [-0.25, -0.2) is 0 Å². The zero-order valence-corrected chi connectivity index (χ0v) is 12.6. The predicted octanol–water partition coefficient (Wildman–Crippen LogP) is 4.81. The molecule has 0 saturated heterocycles. The molecule has 4 rings (SSSR count). The van der Waals surface area contributed by atoms with Gasteiger partial charge in [0.05, 0.1) is 0 Å². The molecule has 2 heterocycles. The average Bonchev–Trinajstić information content (AvgIpc) is 3.14. The topological polar surface area (TPSA) is 31.0 Å². The standard InChI is InChI=1S/C19H16N2O/c1-13-7-9-14(10-8-13)19-11-17(20-22-19)16-12-21(2)18-6-4-3-5-15(16)18/h3-12H,1-2H3. The molecule has 0 amide bonds. The van der Waals surface area contributed by atoms with Gasteiger partial charge in [-0.3, -0.25) is 0 Å². The Morgan fingerprint density at radius 2 is 1.77 bits per heavy atom. The molecule has 0 spiro atoms. The van der Waals surface area contributed by atoms with Crippen LogP contribution in [0.25, 0.3) is 33.5 Å². The number of aromatic nitrogens is 2. The van der Waals surface area contributed by atoms with Gasteiger partial charge in [-0.1, -0.05) is 53.2 Å². The van der Waals surface area contributed by atoms with E-state index in [2.05, 4.69) is 59.2 Å².